The lowest BCUT2D eigenvalue weighted by Crippen LogP contribution is -2.13. The highest BCUT2D eigenvalue weighted by atomic mass is 79.9. The first-order chi connectivity index (χ1) is 9.01. The summed E-state index contributed by atoms with van der Waals surface area (Å²) >= 11 is 7.40. The number of alkyl halides is 2. The third-order valence-electron chi connectivity index (χ3n) is 3.35. The van der Waals surface area contributed by atoms with Gasteiger partial charge in [0, 0.05) is 0 Å². The number of halogens is 2. The maximum atomic E-state index is 3.83. The first kappa shape index (κ1) is 17.0. The van der Waals surface area contributed by atoms with Crippen molar-refractivity contribution in [2.24, 2.45) is 5.92 Å². The minimum absolute atomic E-state index is 0.0680. The highest BCUT2D eigenvalue weighted by Gasteiger charge is 2.21. The van der Waals surface area contributed by atoms with E-state index in [1.807, 2.05) is 6.08 Å². The van der Waals surface area contributed by atoms with Gasteiger partial charge in [0.05, 0.1) is 3.23 Å². The topological polar surface area (TPSA) is 0 Å². The molecule has 0 aliphatic heterocycles. The minimum Gasteiger partial charge on any atom is -0.103 e. The fourth-order valence-corrected chi connectivity index (χ4v) is 3.36. The summed E-state index contributed by atoms with van der Waals surface area (Å²) < 4.78 is 0.0680. The maximum absolute atomic E-state index is 3.83. The minimum atomic E-state index is 0.0680. The number of hydrogen-bond acceptors (Lipinski definition) is 0. The molecule has 0 aliphatic rings. The van der Waals surface area contributed by atoms with Crippen LogP contribution in [0.2, 0.25) is 0 Å². The van der Waals surface area contributed by atoms with Crippen LogP contribution in [0.4, 0.5) is 0 Å². The van der Waals surface area contributed by atoms with Crippen molar-refractivity contribution in [1.29, 1.82) is 0 Å². The summed E-state index contributed by atoms with van der Waals surface area (Å²) in [6.07, 6.45) is 9.29. The molecular formula is C17H24Br2. The molecule has 0 heterocycles. The van der Waals surface area contributed by atoms with Crippen LogP contribution in [-0.4, -0.2) is 3.23 Å². The van der Waals surface area contributed by atoms with E-state index < -0.39 is 0 Å². The van der Waals surface area contributed by atoms with Crippen LogP contribution < -0.4 is 0 Å². The van der Waals surface area contributed by atoms with E-state index in [1.54, 1.807) is 0 Å². The van der Waals surface area contributed by atoms with Gasteiger partial charge in [-0.2, -0.15) is 0 Å². The van der Waals surface area contributed by atoms with E-state index in [-0.39, 0.29) is 3.23 Å². The van der Waals surface area contributed by atoms with Crippen molar-refractivity contribution in [3.05, 3.63) is 48.6 Å². The van der Waals surface area contributed by atoms with Crippen LogP contribution in [0.5, 0.6) is 0 Å². The molecule has 1 rings (SSSR count). The van der Waals surface area contributed by atoms with Gasteiger partial charge in [-0.05, 0) is 50.5 Å². The van der Waals surface area contributed by atoms with E-state index in [4.69, 9.17) is 0 Å². The van der Waals surface area contributed by atoms with E-state index in [2.05, 4.69) is 75.7 Å². The molecule has 0 spiro atoms. The largest absolute Gasteiger partial charge is 0.103 e. The molecule has 1 atom stereocenters. The third kappa shape index (κ3) is 8.65. The number of benzene rings is 1. The van der Waals surface area contributed by atoms with Crippen LogP contribution in [-0.2, 0) is 6.42 Å². The van der Waals surface area contributed by atoms with Gasteiger partial charge in [-0.3, -0.25) is 0 Å². The van der Waals surface area contributed by atoms with Crippen molar-refractivity contribution in [1.82, 2.24) is 0 Å². The molecule has 19 heavy (non-hydrogen) atoms. The summed E-state index contributed by atoms with van der Waals surface area (Å²) in [6, 6.07) is 10.8. The molecule has 106 valence electrons. The standard InChI is InChI=1S/C17H24Br2/c1-3-4-9-16(14-17(2,18)19)13-8-12-15-10-6-5-7-11-15/h3,5-7,10-11,16H,1,4,8-9,12-14H2,2H3. The highest BCUT2D eigenvalue weighted by Crippen LogP contribution is 2.36. The van der Waals surface area contributed by atoms with Gasteiger partial charge in [0.15, 0.2) is 0 Å². The van der Waals surface area contributed by atoms with Gasteiger partial charge in [0.25, 0.3) is 0 Å². The van der Waals surface area contributed by atoms with Crippen LogP contribution in [0.3, 0.4) is 0 Å². The predicted molar refractivity (Wildman–Crippen MR) is 93.2 cm³/mol. The summed E-state index contributed by atoms with van der Waals surface area (Å²) in [7, 11) is 0. The fourth-order valence-electron chi connectivity index (χ4n) is 2.45. The molecule has 0 bridgehead atoms. The van der Waals surface area contributed by atoms with Crippen molar-refractivity contribution >= 4 is 31.9 Å². The fraction of sp³-hybridized carbons (Fsp3) is 0.529. The first-order valence-corrected chi connectivity index (χ1v) is 8.62. The molecule has 1 aromatic carbocycles. The van der Waals surface area contributed by atoms with Crippen molar-refractivity contribution in [3.8, 4) is 0 Å². The summed E-state index contributed by atoms with van der Waals surface area (Å²) in [5.41, 5.74) is 1.45. The molecule has 0 saturated heterocycles. The van der Waals surface area contributed by atoms with Gasteiger partial charge in [-0.25, -0.2) is 0 Å². The van der Waals surface area contributed by atoms with Crippen LogP contribution in [0, 0.1) is 5.92 Å². The Labute approximate surface area is 134 Å². The molecule has 0 aliphatic carbocycles. The van der Waals surface area contributed by atoms with Gasteiger partial charge >= 0.3 is 0 Å². The molecule has 1 unspecified atom stereocenters. The van der Waals surface area contributed by atoms with Crippen LogP contribution >= 0.6 is 31.9 Å². The lowest BCUT2D eigenvalue weighted by Gasteiger charge is -2.23. The Hall–Kier alpha value is -0.0800. The second-order valence-corrected chi connectivity index (χ2v) is 9.95. The van der Waals surface area contributed by atoms with E-state index >= 15 is 0 Å². The zero-order valence-corrected chi connectivity index (χ0v) is 14.9. The maximum Gasteiger partial charge on any atom is 0.0780 e. The molecule has 0 nitrogen and oxygen atoms in total. The van der Waals surface area contributed by atoms with Gasteiger partial charge in [-0.15, -0.1) is 6.58 Å². The zero-order chi connectivity index (χ0) is 14.1. The molecule has 0 aromatic heterocycles. The summed E-state index contributed by atoms with van der Waals surface area (Å²) in [5.74, 6) is 0.755. The van der Waals surface area contributed by atoms with Gasteiger partial charge in [0.1, 0.15) is 0 Å². The van der Waals surface area contributed by atoms with E-state index in [0.29, 0.717) is 0 Å². The highest BCUT2D eigenvalue weighted by molar-refractivity contribution is 9.25. The second-order valence-electron chi connectivity index (χ2n) is 5.38. The summed E-state index contributed by atoms with van der Waals surface area (Å²) in [4.78, 5) is 0. The molecule has 0 saturated carbocycles. The number of hydrogen-bond donors (Lipinski definition) is 0. The van der Waals surface area contributed by atoms with Gasteiger partial charge in [0.2, 0.25) is 0 Å². The smallest absolute Gasteiger partial charge is 0.0780 e. The third-order valence-corrected chi connectivity index (χ3v) is 3.99. The Morgan fingerprint density at radius 2 is 1.89 bits per heavy atom. The SMILES string of the molecule is C=CCCC(CCCc1ccccc1)CC(C)(Br)Br. The average Bonchev–Trinajstić information content (AvgIpc) is 2.35. The Balaban J connectivity index is 2.37. The predicted octanol–water partition coefficient (Wildman–Crippen LogP) is 6.49. The number of allylic oxidation sites excluding steroid dienone is 1. The van der Waals surface area contributed by atoms with Gasteiger partial charge < -0.3 is 0 Å². The molecule has 0 radical (unpaired) electrons. The normalized spacial score (nSPS) is 13.2. The summed E-state index contributed by atoms with van der Waals surface area (Å²) in [5, 5.41) is 0. The lowest BCUT2D eigenvalue weighted by atomic mass is 9.91. The second kappa shape index (κ2) is 8.97. The monoisotopic (exact) mass is 386 g/mol. The van der Waals surface area contributed by atoms with E-state index in [9.17, 15) is 0 Å². The number of rotatable bonds is 9. The van der Waals surface area contributed by atoms with Crippen molar-refractivity contribution in [3.63, 3.8) is 0 Å². The number of aryl methyl sites for hydroxylation is 1. The van der Waals surface area contributed by atoms with Crippen molar-refractivity contribution in [2.75, 3.05) is 0 Å². The molecular weight excluding hydrogens is 364 g/mol. The lowest BCUT2D eigenvalue weighted by molar-refractivity contribution is 0.407. The summed E-state index contributed by atoms with van der Waals surface area (Å²) in [6.45, 7) is 6.02. The Kier molecular flexibility index (Phi) is 8.01. The Bertz CT molecular complexity index is 351. The molecule has 1 aromatic rings. The van der Waals surface area contributed by atoms with E-state index in [0.717, 1.165) is 18.8 Å². The van der Waals surface area contributed by atoms with Gasteiger partial charge in [-0.1, -0.05) is 74.7 Å². The van der Waals surface area contributed by atoms with E-state index in [1.165, 1.54) is 31.2 Å². The van der Waals surface area contributed by atoms with Crippen LogP contribution in [0.25, 0.3) is 0 Å². The van der Waals surface area contributed by atoms with Crippen molar-refractivity contribution < 1.29 is 0 Å². The first-order valence-electron chi connectivity index (χ1n) is 7.04. The zero-order valence-electron chi connectivity index (χ0n) is 11.7. The molecule has 0 fully saturated rings. The Morgan fingerprint density at radius 3 is 2.47 bits per heavy atom. The average molecular weight is 388 g/mol. The Morgan fingerprint density at radius 1 is 1.21 bits per heavy atom. The van der Waals surface area contributed by atoms with Crippen LogP contribution in [0.1, 0.15) is 44.6 Å². The quantitative estimate of drug-likeness (QED) is 0.335. The molecule has 2 heteroatoms. The van der Waals surface area contributed by atoms with Crippen LogP contribution in [0.15, 0.2) is 43.0 Å². The van der Waals surface area contributed by atoms with Crippen molar-refractivity contribution in [2.45, 2.75) is 48.7 Å². The molecule has 0 amide bonds. The molecule has 0 N–H and O–H groups in total.